The summed E-state index contributed by atoms with van der Waals surface area (Å²) in [5, 5.41) is 11.5. The number of carbonyl (C=O) groups is 2. The molecule has 4 nitrogen and oxygen atoms in total. The molecule has 6 heteroatoms. The van der Waals surface area contributed by atoms with Gasteiger partial charge >= 0.3 is 5.97 Å². The number of hydrogen-bond acceptors (Lipinski definition) is 4. The third-order valence-electron chi connectivity index (χ3n) is 3.34. The highest BCUT2D eigenvalue weighted by molar-refractivity contribution is 8.00. The summed E-state index contributed by atoms with van der Waals surface area (Å²) in [5.41, 5.74) is 0.564. The van der Waals surface area contributed by atoms with Gasteiger partial charge in [-0.3, -0.25) is 9.59 Å². The Morgan fingerprint density at radius 1 is 1.33 bits per heavy atom. The number of benzene rings is 1. The SMILES string of the molecule is CC(Sc1ccccc1C(=O)NC1CCSCC1)C(=O)O. The lowest BCUT2D eigenvalue weighted by atomic mass is 10.1. The molecule has 1 amide bonds. The van der Waals surface area contributed by atoms with E-state index in [2.05, 4.69) is 5.32 Å². The first kappa shape index (κ1) is 16.2. The number of nitrogens with one attached hydrogen (secondary N) is 1. The molecule has 0 radical (unpaired) electrons. The standard InChI is InChI=1S/C15H19NO3S2/c1-10(15(18)19)21-13-5-3-2-4-12(13)14(17)16-11-6-8-20-9-7-11/h2-5,10-11H,6-9H2,1H3,(H,16,17)(H,18,19). The van der Waals surface area contributed by atoms with E-state index in [1.54, 1.807) is 25.1 Å². The maximum Gasteiger partial charge on any atom is 0.316 e. The van der Waals surface area contributed by atoms with Crippen LogP contribution in [-0.4, -0.2) is 39.8 Å². The third kappa shape index (κ3) is 4.68. The minimum absolute atomic E-state index is 0.104. The van der Waals surface area contributed by atoms with E-state index in [0.29, 0.717) is 5.56 Å². The normalized spacial score (nSPS) is 17.2. The van der Waals surface area contributed by atoms with Crippen molar-refractivity contribution in [1.82, 2.24) is 5.32 Å². The van der Waals surface area contributed by atoms with Crippen molar-refractivity contribution in [3.05, 3.63) is 29.8 Å². The summed E-state index contributed by atoms with van der Waals surface area (Å²) in [5.74, 6) is 1.18. The van der Waals surface area contributed by atoms with Crippen molar-refractivity contribution in [3.8, 4) is 0 Å². The Labute approximate surface area is 133 Å². The fourth-order valence-electron chi connectivity index (χ4n) is 2.10. The number of carboxylic acid groups (broad SMARTS) is 1. The predicted molar refractivity (Wildman–Crippen MR) is 87.2 cm³/mol. The van der Waals surface area contributed by atoms with Crippen LogP contribution in [0.2, 0.25) is 0 Å². The Hall–Kier alpha value is -1.14. The second kappa shape index (κ2) is 7.75. The Bertz CT molecular complexity index is 515. The Balaban J connectivity index is 2.07. The van der Waals surface area contributed by atoms with Crippen LogP contribution in [0.5, 0.6) is 0 Å². The molecule has 2 N–H and O–H groups in total. The largest absolute Gasteiger partial charge is 0.480 e. The summed E-state index contributed by atoms with van der Waals surface area (Å²) in [7, 11) is 0. The lowest BCUT2D eigenvalue weighted by Crippen LogP contribution is -2.37. The van der Waals surface area contributed by atoms with Crippen LogP contribution in [-0.2, 0) is 4.79 Å². The molecular weight excluding hydrogens is 306 g/mol. The van der Waals surface area contributed by atoms with Crippen molar-refractivity contribution < 1.29 is 14.7 Å². The van der Waals surface area contributed by atoms with E-state index in [1.165, 1.54) is 11.8 Å². The smallest absolute Gasteiger partial charge is 0.316 e. The van der Waals surface area contributed by atoms with E-state index in [4.69, 9.17) is 5.11 Å². The average Bonchev–Trinajstić information content (AvgIpc) is 2.48. The zero-order chi connectivity index (χ0) is 15.2. The summed E-state index contributed by atoms with van der Waals surface area (Å²) in [6.07, 6.45) is 1.99. The van der Waals surface area contributed by atoms with Crippen LogP contribution < -0.4 is 5.32 Å². The molecule has 0 aromatic heterocycles. The summed E-state index contributed by atoms with van der Waals surface area (Å²) in [6.45, 7) is 1.63. The van der Waals surface area contributed by atoms with Crippen molar-refractivity contribution in [1.29, 1.82) is 0 Å². The second-order valence-corrected chi connectivity index (χ2v) is 7.56. The molecule has 0 spiro atoms. The highest BCUT2D eigenvalue weighted by Gasteiger charge is 2.20. The molecule has 1 unspecified atom stereocenters. The van der Waals surface area contributed by atoms with Gasteiger partial charge in [-0.15, -0.1) is 11.8 Å². The monoisotopic (exact) mass is 325 g/mol. The Kier molecular flexibility index (Phi) is 5.99. The molecule has 1 fully saturated rings. The fourth-order valence-corrected chi connectivity index (χ4v) is 4.14. The molecule has 0 bridgehead atoms. The van der Waals surface area contributed by atoms with Crippen LogP contribution in [0, 0.1) is 0 Å². The van der Waals surface area contributed by atoms with Crippen molar-refractivity contribution in [2.45, 2.75) is 36.0 Å². The van der Waals surface area contributed by atoms with Gasteiger partial charge in [0, 0.05) is 10.9 Å². The van der Waals surface area contributed by atoms with Crippen LogP contribution in [0.15, 0.2) is 29.2 Å². The molecule has 1 aromatic rings. The van der Waals surface area contributed by atoms with Crippen LogP contribution in [0.3, 0.4) is 0 Å². The zero-order valence-corrected chi connectivity index (χ0v) is 13.5. The fraction of sp³-hybridized carbons (Fsp3) is 0.467. The van der Waals surface area contributed by atoms with E-state index in [9.17, 15) is 9.59 Å². The van der Waals surface area contributed by atoms with Gasteiger partial charge < -0.3 is 10.4 Å². The summed E-state index contributed by atoms with van der Waals surface area (Å²) < 4.78 is 0. The number of hydrogen-bond donors (Lipinski definition) is 2. The Morgan fingerprint density at radius 3 is 2.67 bits per heavy atom. The van der Waals surface area contributed by atoms with Crippen molar-refractivity contribution in [2.75, 3.05) is 11.5 Å². The average molecular weight is 325 g/mol. The number of carboxylic acids is 1. The molecule has 1 aliphatic rings. The molecule has 0 saturated carbocycles. The third-order valence-corrected chi connectivity index (χ3v) is 5.55. The maximum atomic E-state index is 12.4. The quantitative estimate of drug-likeness (QED) is 0.815. The highest BCUT2D eigenvalue weighted by atomic mass is 32.2. The lowest BCUT2D eigenvalue weighted by Gasteiger charge is -2.23. The van der Waals surface area contributed by atoms with Gasteiger partial charge in [0.2, 0.25) is 0 Å². The molecule has 21 heavy (non-hydrogen) atoms. The first-order valence-corrected chi connectivity index (χ1v) is 8.98. The molecule has 2 rings (SSSR count). The molecule has 0 aliphatic carbocycles. The summed E-state index contributed by atoms with van der Waals surface area (Å²) in [6, 6.07) is 7.42. The Morgan fingerprint density at radius 2 is 2.00 bits per heavy atom. The second-order valence-electron chi connectivity index (χ2n) is 4.95. The van der Waals surface area contributed by atoms with Crippen LogP contribution in [0.4, 0.5) is 0 Å². The van der Waals surface area contributed by atoms with Gasteiger partial charge in [0.15, 0.2) is 0 Å². The maximum absolute atomic E-state index is 12.4. The number of aliphatic carboxylic acids is 1. The van der Waals surface area contributed by atoms with E-state index in [-0.39, 0.29) is 11.9 Å². The highest BCUT2D eigenvalue weighted by Crippen LogP contribution is 2.27. The first-order valence-electron chi connectivity index (χ1n) is 6.95. The van der Waals surface area contributed by atoms with Gasteiger partial charge in [-0.05, 0) is 43.4 Å². The van der Waals surface area contributed by atoms with Crippen molar-refractivity contribution in [2.24, 2.45) is 0 Å². The van der Waals surface area contributed by atoms with Gasteiger partial charge in [0.25, 0.3) is 5.91 Å². The van der Waals surface area contributed by atoms with Gasteiger partial charge in [-0.1, -0.05) is 12.1 Å². The van der Waals surface area contributed by atoms with Gasteiger partial charge in [0.05, 0.1) is 5.56 Å². The number of rotatable bonds is 5. The topological polar surface area (TPSA) is 66.4 Å². The first-order chi connectivity index (χ1) is 10.1. The molecular formula is C15H19NO3S2. The lowest BCUT2D eigenvalue weighted by molar-refractivity contribution is -0.136. The molecule has 1 saturated heterocycles. The van der Waals surface area contributed by atoms with Gasteiger partial charge in [-0.25, -0.2) is 0 Å². The molecule has 114 valence electrons. The van der Waals surface area contributed by atoms with Crippen LogP contribution in [0.25, 0.3) is 0 Å². The van der Waals surface area contributed by atoms with E-state index in [0.717, 1.165) is 29.2 Å². The molecule has 1 aromatic carbocycles. The molecule has 1 aliphatic heterocycles. The van der Waals surface area contributed by atoms with Crippen molar-refractivity contribution >= 4 is 35.4 Å². The summed E-state index contributed by atoms with van der Waals surface area (Å²) >= 11 is 3.12. The van der Waals surface area contributed by atoms with E-state index < -0.39 is 11.2 Å². The van der Waals surface area contributed by atoms with Crippen LogP contribution >= 0.6 is 23.5 Å². The minimum atomic E-state index is -0.875. The summed E-state index contributed by atoms with van der Waals surface area (Å²) in [4.78, 5) is 24.1. The number of amides is 1. The van der Waals surface area contributed by atoms with Gasteiger partial charge in [-0.2, -0.15) is 11.8 Å². The number of carbonyl (C=O) groups excluding carboxylic acids is 1. The van der Waals surface area contributed by atoms with Crippen LogP contribution in [0.1, 0.15) is 30.1 Å². The minimum Gasteiger partial charge on any atom is -0.480 e. The van der Waals surface area contributed by atoms with Gasteiger partial charge in [0.1, 0.15) is 5.25 Å². The molecule has 1 atom stereocenters. The van der Waals surface area contributed by atoms with E-state index >= 15 is 0 Å². The molecule has 1 heterocycles. The zero-order valence-electron chi connectivity index (χ0n) is 11.9. The van der Waals surface area contributed by atoms with E-state index in [1.807, 2.05) is 17.8 Å². The predicted octanol–water partition coefficient (Wildman–Crippen LogP) is 2.88. The number of thioether (sulfide) groups is 2. The van der Waals surface area contributed by atoms with Crippen molar-refractivity contribution in [3.63, 3.8) is 0 Å².